The molecule has 0 amide bonds. The Morgan fingerprint density at radius 3 is 1.50 bits per heavy atom. The van der Waals surface area contributed by atoms with Crippen molar-refractivity contribution < 1.29 is 4.42 Å². The van der Waals surface area contributed by atoms with Crippen LogP contribution in [0.4, 0.5) is 17.1 Å². The summed E-state index contributed by atoms with van der Waals surface area (Å²) < 4.78 is 6.35. The minimum Gasteiger partial charge on any atom is -0.456 e. The summed E-state index contributed by atoms with van der Waals surface area (Å²) in [5.41, 5.74) is 15.2. The second-order valence-corrected chi connectivity index (χ2v) is 14.6. The summed E-state index contributed by atoms with van der Waals surface area (Å²) in [5, 5.41) is 4.43. The van der Waals surface area contributed by atoms with E-state index in [1.54, 1.807) is 0 Å². The molecule has 0 saturated carbocycles. The Bertz CT molecular complexity index is 3250. The van der Waals surface area contributed by atoms with Crippen molar-refractivity contribution in [2.75, 3.05) is 4.90 Å². The molecule has 11 rings (SSSR count). The summed E-state index contributed by atoms with van der Waals surface area (Å²) in [5.74, 6) is 0. The van der Waals surface area contributed by atoms with Gasteiger partial charge in [0.1, 0.15) is 11.2 Å². The van der Waals surface area contributed by atoms with Crippen LogP contribution in [-0.2, 0) is 0 Å². The molecule has 0 radical (unpaired) electrons. The van der Waals surface area contributed by atoms with Gasteiger partial charge in [-0.1, -0.05) is 152 Å². The average Bonchev–Trinajstić information content (AvgIpc) is 3.68. The van der Waals surface area contributed by atoms with E-state index in [9.17, 15) is 0 Å². The largest absolute Gasteiger partial charge is 0.456 e. The highest BCUT2D eigenvalue weighted by atomic mass is 16.3. The van der Waals surface area contributed by atoms with Gasteiger partial charge in [0.05, 0.1) is 22.4 Å². The molecular weight excluding hydrogens is 707 g/mol. The van der Waals surface area contributed by atoms with Gasteiger partial charge in [-0.15, -0.1) is 0 Å². The van der Waals surface area contributed by atoms with Crippen molar-refractivity contribution in [3.63, 3.8) is 0 Å². The van der Waals surface area contributed by atoms with Crippen molar-refractivity contribution in [1.82, 2.24) is 9.97 Å². The zero-order valence-electron chi connectivity index (χ0n) is 31.5. The second kappa shape index (κ2) is 14.0. The Morgan fingerprint density at radius 1 is 0.328 bits per heavy atom. The number of para-hydroxylation sites is 1. The number of aromatic nitrogens is 2. The van der Waals surface area contributed by atoms with Crippen LogP contribution in [0.15, 0.2) is 217 Å². The Labute approximate surface area is 335 Å². The fourth-order valence-corrected chi connectivity index (χ4v) is 8.16. The first-order chi connectivity index (χ1) is 28.7. The van der Waals surface area contributed by atoms with Crippen LogP contribution in [0.1, 0.15) is 0 Å². The third-order valence-electron chi connectivity index (χ3n) is 11.1. The van der Waals surface area contributed by atoms with E-state index < -0.39 is 0 Å². The number of anilines is 3. The molecule has 0 bridgehead atoms. The van der Waals surface area contributed by atoms with Crippen LogP contribution < -0.4 is 4.90 Å². The fraction of sp³-hybridized carbons (Fsp3) is 0. The van der Waals surface area contributed by atoms with Gasteiger partial charge in [-0.3, -0.25) is 0 Å². The van der Waals surface area contributed by atoms with Gasteiger partial charge < -0.3 is 9.32 Å². The van der Waals surface area contributed by atoms with Crippen LogP contribution in [0.25, 0.3) is 88.5 Å². The zero-order chi connectivity index (χ0) is 38.4. The van der Waals surface area contributed by atoms with Gasteiger partial charge in [0.2, 0.25) is 0 Å². The molecule has 2 aromatic heterocycles. The lowest BCUT2D eigenvalue weighted by atomic mass is 9.99. The summed E-state index contributed by atoms with van der Waals surface area (Å²) in [6, 6.07) is 74.4. The Kier molecular flexibility index (Phi) is 8.11. The summed E-state index contributed by atoms with van der Waals surface area (Å²) in [4.78, 5) is 12.8. The van der Waals surface area contributed by atoms with Gasteiger partial charge in [-0.05, 0) is 82.2 Å². The summed E-state index contributed by atoms with van der Waals surface area (Å²) in [6.07, 6.45) is 0. The first-order valence-electron chi connectivity index (χ1n) is 19.6. The van der Waals surface area contributed by atoms with E-state index in [4.69, 9.17) is 14.4 Å². The second-order valence-electron chi connectivity index (χ2n) is 14.6. The molecule has 0 aliphatic rings. The summed E-state index contributed by atoms with van der Waals surface area (Å²) in [6.45, 7) is 0. The Balaban J connectivity index is 0.979. The normalized spacial score (nSPS) is 11.4. The first-order valence-corrected chi connectivity index (χ1v) is 19.6. The van der Waals surface area contributed by atoms with E-state index in [2.05, 4.69) is 181 Å². The molecule has 0 aliphatic carbocycles. The molecule has 0 aliphatic heterocycles. The van der Waals surface area contributed by atoms with Crippen molar-refractivity contribution in [3.8, 4) is 44.8 Å². The summed E-state index contributed by atoms with van der Waals surface area (Å²) in [7, 11) is 0. The highest BCUT2D eigenvalue weighted by Gasteiger charge is 2.18. The highest BCUT2D eigenvalue weighted by molar-refractivity contribution is 6.07. The first kappa shape index (κ1) is 33.5. The van der Waals surface area contributed by atoms with E-state index in [0.29, 0.717) is 0 Å². The Morgan fingerprint density at radius 2 is 0.828 bits per heavy atom. The maximum Gasteiger partial charge on any atom is 0.137 e. The highest BCUT2D eigenvalue weighted by Crippen LogP contribution is 2.40. The standard InChI is InChI=1S/C54H35N3O/c1-4-12-36(13-5-1)37-20-26-43(27-21-37)57(45-30-32-48-47-18-10-11-19-50(47)58-51(48)35-45)44-28-22-38(23-29-44)41-24-31-46-42(34-41)25-33-49-54(46)56-53(40-16-8-3-9-17-40)52(55-49)39-14-6-2-7-15-39/h1-35H. The van der Waals surface area contributed by atoms with Gasteiger partial charge >= 0.3 is 0 Å². The van der Waals surface area contributed by atoms with Crippen LogP contribution in [0, 0.1) is 0 Å². The quantitative estimate of drug-likeness (QED) is 0.153. The summed E-state index contributed by atoms with van der Waals surface area (Å²) >= 11 is 0. The van der Waals surface area contributed by atoms with Crippen molar-refractivity contribution >= 4 is 60.8 Å². The zero-order valence-corrected chi connectivity index (χ0v) is 31.5. The molecule has 0 unspecified atom stereocenters. The van der Waals surface area contributed by atoms with Crippen LogP contribution in [0.2, 0.25) is 0 Å². The SMILES string of the molecule is c1ccc(-c2ccc(N(c3ccc(-c4ccc5c(ccc6nc(-c7ccccc7)c(-c7ccccc7)nc65)c4)cc3)c3ccc4c(c3)oc3ccccc34)cc2)cc1. The lowest BCUT2D eigenvalue weighted by molar-refractivity contribution is 0.669. The van der Waals surface area contributed by atoms with Crippen LogP contribution in [0.5, 0.6) is 0 Å². The molecule has 2 heterocycles. The monoisotopic (exact) mass is 741 g/mol. The van der Waals surface area contributed by atoms with Crippen LogP contribution in [0.3, 0.4) is 0 Å². The van der Waals surface area contributed by atoms with Gasteiger partial charge in [0.15, 0.2) is 0 Å². The van der Waals surface area contributed by atoms with E-state index in [1.807, 2.05) is 36.4 Å². The molecule has 11 aromatic rings. The molecular formula is C54H35N3O. The lowest BCUT2D eigenvalue weighted by Crippen LogP contribution is -2.09. The third-order valence-corrected chi connectivity index (χ3v) is 11.1. The van der Waals surface area contributed by atoms with Crippen molar-refractivity contribution in [2.24, 2.45) is 0 Å². The van der Waals surface area contributed by atoms with Crippen LogP contribution in [-0.4, -0.2) is 9.97 Å². The van der Waals surface area contributed by atoms with Crippen LogP contribution >= 0.6 is 0 Å². The number of hydrogen-bond acceptors (Lipinski definition) is 4. The maximum absolute atomic E-state index is 6.35. The van der Waals surface area contributed by atoms with E-state index >= 15 is 0 Å². The number of fused-ring (bicyclic) bond motifs is 6. The number of nitrogens with zero attached hydrogens (tertiary/aromatic N) is 3. The molecule has 0 N–H and O–H groups in total. The molecule has 0 saturated heterocycles. The lowest BCUT2D eigenvalue weighted by Gasteiger charge is -2.26. The molecule has 0 atom stereocenters. The Hall–Kier alpha value is -7.82. The maximum atomic E-state index is 6.35. The molecule has 58 heavy (non-hydrogen) atoms. The molecule has 0 fully saturated rings. The van der Waals surface area contributed by atoms with Crippen molar-refractivity contribution in [3.05, 3.63) is 212 Å². The predicted octanol–water partition coefficient (Wildman–Crippen LogP) is 14.8. The van der Waals surface area contributed by atoms with Gasteiger partial charge in [0.25, 0.3) is 0 Å². The van der Waals surface area contributed by atoms with E-state index in [1.165, 1.54) is 11.1 Å². The topological polar surface area (TPSA) is 42.2 Å². The van der Waals surface area contributed by atoms with Gasteiger partial charge in [-0.2, -0.15) is 0 Å². The van der Waals surface area contributed by atoms with Gasteiger partial charge in [-0.25, -0.2) is 9.97 Å². The predicted molar refractivity (Wildman–Crippen MR) is 241 cm³/mol. The molecule has 4 heteroatoms. The number of benzene rings is 9. The fourth-order valence-electron chi connectivity index (χ4n) is 8.16. The van der Waals surface area contributed by atoms with Crippen molar-refractivity contribution in [1.29, 1.82) is 0 Å². The minimum atomic E-state index is 0.863. The third kappa shape index (κ3) is 5.96. The van der Waals surface area contributed by atoms with Crippen molar-refractivity contribution in [2.45, 2.75) is 0 Å². The molecule has 4 nitrogen and oxygen atoms in total. The number of furan rings is 1. The smallest absolute Gasteiger partial charge is 0.137 e. The van der Waals surface area contributed by atoms with E-state index in [0.717, 1.165) is 94.4 Å². The number of hydrogen-bond donors (Lipinski definition) is 0. The molecule has 0 spiro atoms. The average molecular weight is 742 g/mol. The molecule has 9 aromatic carbocycles. The van der Waals surface area contributed by atoms with Gasteiger partial charge in [0, 0.05) is 50.4 Å². The number of rotatable bonds is 7. The molecule has 272 valence electrons. The minimum absolute atomic E-state index is 0.863. The van der Waals surface area contributed by atoms with E-state index in [-0.39, 0.29) is 0 Å².